The van der Waals surface area contributed by atoms with Crippen molar-refractivity contribution in [3.8, 4) is 0 Å². The van der Waals surface area contributed by atoms with E-state index in [9.17, 15) is 9.90 Å². The lowest BCUT2D eigenvalue weighted by molar-refractivity contribution is -0.144. The second-order valence-corrected chi connectivity index (χ2v) is 5.81. The zero-order valence-corrected chi connectivity index (χ0v) is 10.9. The molecule has 3 rings (SSSR count). The predicted molar refractivity (Wildman–Crippen MR) is 68.0 cm³/mol. The standard InChI is InChI=1S/C13H14BrNO2/c14-10-4-2-1-3-9(10)13(12(16)17)7-8-5-6-11(13)15-8/h1-4,8,11,15H,5-7H2,(H,16,17). The first-order chi connectivity index (χ1) is 8.14. The molecular formula is C13H14BrNO2. The van der Waals surface area contributed by atoms with Crippen LogP contribution in [0.3, 0.4) is 0 Å². The highest BCUT2D eigenvalue weighted by Crippen LogP contribution is 2.47. The largest absolute Gasteiger partial charge is 0.481 e. The molecule has 2 aliphatic heterocycles. The van der Waals surface area contributed by atoms with Gasteiger partial charge in [-0.1, -0.05) is 34.1 Å². The van der Waals surface area contributed by atoms with Crippen molar-refractivity contribution in [1.29, 1.82) is 0 Å². The van der Waals surface area contributed by atoms with Crippen LogP contribution in [0, 0.1) is 0 Å². The number of halogens is 1. The van der Waals surface area contributed by atoms with E-state index in [-0.39, 0.29) is 6.04 Å². The summed E-state index contributed by atoms with van der Waals surface area (Å²) < 4.78 is 0.900. The monoisotopic (exact) mass is 295 g/mol. The molecule has 0 spiro atoms. The summed E-state index contributed by atoms with van der Waals surface area (Å²) in [5.74, 6) is -0.705. The number of aliphatic carboxylic acids is 1. The van der Waals surface area contributed by atoms with Crippen LogP contribution in [0.5, 0.6) is 0 Å². The van der Waals surface area contributed by atoms with Crippen molar-refractivity contribution >= 4 is 21.9 Å². The number of rotatable bonds is 2. The number of carboxylic acid groups (broad SMARTS) is 1. The molecular weight excluding hydrogens is 282 g/mol. The Hall–Kier alpha value is -0.870. The molecule has 2 fully saturated rings. The maximum Gasteiger partial charge on any atom is 0.315 e. The Labute approximate surface area is 108 Å². The smallest absolute Gasteiger partial charge is 0.315 e. The molecule has 0 radical (unpaired) electrons. The molecule has 4 heteroatoms. The van der Waals surface area contributed by atoms with Gasteiger partial charge in [-0.3, -0.25) is 4.79 Å². The Bertz CT molecular complexity index is 476. The minimum Gasteiger partial charge on any atom is -0.481 e. The minimum atomic E-state index is -0.747. The number of fused-ring (bicyclic) bond motifs is 2. The second-order valence-electron chi connectivity index (χ2n) is 4.95. The van der Waals surface area contributed by atoms with Gasteiger partial charge >= 0.3 is 5.97 Å². The molecule has 0 aliphatic carbocycles. The molecule has 2 bridgehead atoms. The van der Waals surface area contributed by atoms with Crippen LogP contribution in [0.1, 0.15) is 24.8 Å². The fourth-order valence-corrected chi connectivity index (χ4v) is 4.01. The first kappa shape index (κ1) is 11.2. The first-order valence-electron chi connectivity index (χ1n) is 5.89. The van der Waals surface area contributed by atoms with E-state index in [1.807, 2.05) is 24.3 Å². The fraction of sp³-hybridized carbons (Fsp3) is 0.462. The van der Waals surface area contributed by atoms with E-state index in [0.29, 0.717) is 12.5 Å². The van der Waals surface area contributed by atoms with Gasteiger partial charge in [-0.05, 0) is 30.9 Å². The van der Waals surface area contributed by atoms with Crippen LogP contribution in [-0.2, 0) is 10.2 Å². The van der Waals surface area contributed by atoms with E-state index in [1.165, 1.54) is 0 Å². The van der Waals surface area contributed by atoms with Gasteiger partial charge in [0.1, 0.15) is 5.41 Å². The van der Waals surface area contributed by atoms with Gasteiger partial charge in [0.15, 0.2) is 0 Å². The van der Waals surface area contributed by atoms with Crippen molar-refractivity contribution in [3.63, 3.8) is 0 Å². The van der Waals surface area contributed by atoms with Crippen LogP contribution in [0.15, 0.2) is 28.7 Å². The van der Waals surface area contributed by atoms with E-state index in [0.717, 1.165) is 22.9 Å². The number of carboxylic acids is 1. The molecule has 2 N–H and O–H groups in total. The highest BCUT2D eigenvalue weighted by Gasteiger charge is 2.57. The number of carbonyl (C=O) groups is 1. The average Bonchev–Trinajstić information content (AvgIpc) is 2.89. The van der Waals surface area contributed by atoms with Crippen LogP contribution in [0.2, 0.25) is 0 Å². The quantitative estimate of drug-likeness (QED) is 0.880. The van der Waals surface area contributed by atoms with E-state index in [2.05, 4.69) is 21.2 Å². The molecule has 90 valence electrons. The fourth-order valence-electron chi connectivity index (χ4n) is 3.37. The Balaban J connectivity index is 2.14. The van der Waals surface area contributed by atoms with Gasteiger partial charge in [0.25, 0.3) is 0 Å². The van der Waals surface area contributed by atoms with Crippen molar-refractivity contribution < 1.29 is 9.90 Å². The summed E-state index contributed by atoms with van der Waals surface area (Å²) in [4.78, 5) is 11.8. The minimum absolute atomic E-state index is 0.0729. The number of hydrogen-bond donors (Lipinski definition) is 2. The van der Waals surface area contributed by atoms with E-state index >= 15 is 0 Å². The normalized spacial score (nSPS) is 35.1. The predicted octanol–water partition coefficient (Wildman–Crippen LogP) is 2.30. The summed E-state index contributed by atoms with van der Waals surface area (Å²) >= 11 is 3.49. The molecule has 3 unspecified atom stereocenters. The topological polar surface area (TPSA) is 49.3 Å². The van der Waals surface area contributed by atoms with Gasteiger partial charge in [0.05, 0.1) is 0 Å². The summed E-state index contributed by atoms with van der Waals surface area (Å²) in [7, 11) is 0. The van der Waals surface area contributed by atoms with Gasteiger partial charge in [-0.25, -0.2) is 0 Å². The van der Waals surface area contributed by atoms with Crippen LogP contribution in [0.4, 0.5) is 0 Å². The van der Waals surface area contributed by atoms with Gasteiger partial charge < -0.3 is 10.4 Å². The summed E-state index contributed by atoms with van der Waals surface area (Å²) in [5.41, 5.74) is 0.162. The van der Waals surface area contributed by atoms with Gasteiger partial charge in [-0.2, -0.15) is 0 Å². The lowest BCUT2D eigenvalue weighted by Gasteiger charge is -2.33. The van der Waals surface area contributed by atoms with Crippen molar-refractivity contribution in [2.75, 3.05) is 0 Å². The van der Waals surface area contributed by atoms with Crippen molar-refractivity contribution in [3.05, 3.63) is 34.3 Å². The molecule has 2 heterocycles. The van der Waals surface area contributed by atoms with Gasteiger partial charge in [0.2, 0.25) is 0 Å². The van der Waals surface area contributed by atoms with E-state index in [1.54, 1.807) is 0 Å². The lowest BCUT2D eigenvalue weighted by Crippen LogP contribution is -2.46. The highest BCUT2D eigenvalue weighted by molar-refractivity contribution is 9.10. The van der Waals surface area contributed by atoms with Crippen molar-refractivity contribution in [1.82, 2.24) is 5.32 Å². The van der Waals surface area contributed by atoms with E-state index < -0.39 is 11.4 Å². The van der Waals surface area contributed by atoms with Crippen LogP contribution < -0.4 is 5.32 Å². The second kappa shape index (κ2) is 3.82. The zero-order chi connectivity index (χ0) is 12.0. The molecule has 1 aromatic carbocycles. The number of hydrogen-bond acceptors (Lipinski definition) is 2. The molecule has 0 saturated carbocycles. The third-order valence-corrected chi connectivity index (χ3v) is 4.83. The summed E-state index contributed by atoms with van der Waals surface area (Å²) in [6.45, 7) is 0. The van der Waals surface area contributed by atoms with Crippen molar-refractivity contribution in [2.45, 2.75) is 36.8 Å². The molecule has 1 aromatic rings. The third kappa shape index (κ3) is 1.47. The lowest BCUT2D eigenvalue weighted by atomic mass is 9.69. The molecule has 17 heavy (non-hydrogen) atoms. The molecule has 2 saturated heterocycles. The maximum atomic E-state index is 11.8. The Kier molecular flexibility index (Phi) is 2.52. The molecule has 0 aromatic heterocycles. The molecule has 3 nitrogen and oxygen atoms in total. The van der Waals surface area contributed by atoms with Crippen LogP contribution >= 0.6 is 15.9 Å². The molecule has 0 amide bonds. The number of benzene rings is 1. The van der Waals surface area contributed by atoms with Gasteiger partial charge in [-0.15, -0.1) is 0 Å². The molecule has 2 aliphatic rings. The Morgan fingerprint density at radius 3 is 2.71 bits per heavy atom. The summed E-state index contributed by atoms with van der Waals surface area (Å²) in [6.07, 6.45) is 2.76. The number of nitrogens with one attached hydrogen (secondary N) is 1. The summed E-state index contributed by atoms with van der Waals surface area (Å²) in [5, 5.41) is 13.1. The Morgan fingerprint density at radius 2 is 2.18 bits per heavy atom. The van der Waals surface area contributed by atoms with Crippen molar-refractivity contribution in [2.24, 2.45) is 0 Å². The maximum absolute atomic E-state index is 11.8. The first-order valence-corrected chi connectivity index (χ1v) is 6.68. The zero-order valence-electron chi connectivity index (χ0n) is 9.32. The van der Waals surface area contributed by atoms with E-state index in [4.69, 9.17) is 0 Å². The van der Waals surface area contributed by atoms with Gasteiger partial charge in [0, 0.05) is 16.6 Å². The average molecular weight is 296 g/mol. The summed E-state index contributed by atoms with van der Waals surface area (Å²) in [6, 6.07) is 8.12. The Morgan fingerprint density at radius 1 is 1.41 bits per heavy atom. The van der Waals surface area contributed by atoms with Crippen LogP contribution in [0.25, 0.3) is 0 Å². The molecule has 3 atom stereocenters. The SMILES string of the molecule is O=C(O)C1(c2ccccc2Br)CC2CCC1N2. The van der Waals surface area contributed by atoms with Crippen LogP contribution in [-0.4, -0.2) is 23.2 Å². The highest BCUT2D eigenvalue weighted by atomic mass is 79.9. The third-order valence-electron chi connectivity index (χ3n) is 4.14.